The number of nitrogens with zero attached hydrogens (tertiary/aromatic N) is 1. The Bertz CT molecular complexity index is 933. The van der Waals surface area contributed by atoms with Gasteiger partial charge < -0.3 is 14.6 Å². The molecule has 112 valence electrons. The molecule has 1 aromatic carbocycles. The summed E-state index contributed by atoms with van der Waals surface area (Å²) >= 11 is 6.19. The Labute approximate surface area is 130 Å². The van der Waals surface area contributed by atoms with E-state index in [0.717, 1.165) is 0 Å². The smallest absolute Gasteiger partial charge is 0.343 e. The van der Waals surface area contributed by atoms with E-state index in [-0.39, 0.29) is 23.5 Å². The highest BCUT2D eigenvalue weighted by atomic mass is 35.5. The summed E-state index contributed by atoms with van der Waals surface area (Å²) in [4.78, 5) is 16.0. The van der Waals surface area contributed by atoms with E-state index >= 15 is 0 Å². The highest BCUT2D eigenvalue weighted by Crippen LogP contribution is 2.34. The number of phenolic OH excluding ortho intramolecular Hbond substituents is 1. The minimum atomic E-state index is -0.644. The number of aromatic hydroxyl groups is 2. The molecule has 0 aliphatic rings. The number of fused-ring (bicyclic) bond motifs is 1. The minimum absolute atomic E-state index is 0.00743. The van der Waals surface area contributed by atoms with E-state index in [2.05, 4.69) is 4.98 Å². The largest absolute Gasteiger partial charge is 0.507 e. The van der Waals surface area contributed by atoms with Crippen LogP contribution in [0.2, 0.25) is 5.02 Å². The zero-order chi connectivity index (χ0) is 15.9. The molecule has 0 bridgehead atoms. The molecular formula is C16H12ClNO4. The van der Waals surface area contributed by atoms with Gasteiger partial charge in [0.15, 0.2) is 0 Å². The zero-order valence-corrected chi connectivity index (χ0v) is 12.4. The first kappa shape index (κ1) is 14.4. The van der Waals surface area contributed by atoms with Crippen LogP contribution in [0.5, 0.6) is 11.5 Å². The molecule has 3 aromatic rings. The fraction of sp³-hybridized carbons (Fsp3) is 0.125. The van der Waals surface area contributed by atoms with E-state index in [4.69, 9.17) is 16.0 Å². The molecule has 0 saturated carbocycles. The summed E-state index contributed by atoms with van der Waals surface area (Å²) in [6.45, 7) is 1.57. The number of pyridine rings is 1. The SMILES string of the molecule is Cc1cc(O)c(Cc2cc(Cl)c3cccnc3c2O)c(=O)o1. The fourth-order valence-electron chi connectivity index (χ4n) is 2.35. The Morgan fingerprint density at radius 2 is 2.09 bits per heavy atom. The molecule has 22 heavy (non-hydrogen) atoms. The standard InChI is InChI=1S/C16H12ClNO4/c1-8-5-13(19)11(16(21)22-8)6-9-7-12(17)10-3-2-4-18-14(10)15(9)20/h2-5,7,19-20H,6H2,1H3. The predicted octanol–water partition coefficient (Wildman–Crippen LogP) is 3.15. The van der Waals surface area contributed by atoms with E-state index in [1.165, 1.54) is 6.07 Å². The van der Waals surface area contributed by atoms with Gasteiger partial charge in [-0.25, -0.2) is 4.79 Å². The fourth-order valence-corrected chi connectivity index (χ4v) is 2.63. The molecule has 2 heterocycles. The average molecular weight is 318 g/mol. The number of aryl methyl sites for hydroxylation is 1. The van der Waals surface area contributed by atoms with Crippen molar-refractivity contribution in [2.24, 2.45) is 0 Å². The van der Waals surface area contributed by atoms with Gasteiger partial charge in [-0.2, -0.15) is 0 Å². The van der Waals surface area contributed by atoms with E-state index < -0.39 is 5.63 Å². The van der Waals surface area contributed by atoms with Gasteiger partial charge in [0.25, 0.3) is 0 Å². The molecule has 0 atom stereocenters. The lowest BCUT2D eigenvalue weighted by Crippen LogP contribution is -2.09. The van der Waals surface area contributed by atoms with Crippen molar-refractivity contribution in [3.63, 3.8) is 0 Å². The Morgan fingerprint density at radius 1 is 1.32 bits per heavy atom. The number of hydrogen-bond acceptors (Lipinski definition) is 5. The molecule has 3 rings (SSSR count). The van der Waals surface area contributed by atoms with Gasteiger partial charge in [-0.3, -0.25) is 4.98 Å². The van der Waals surface area contributed by atoms with Crippen LogP contribution in [0.3, 0.4) is 0 Å². The molecule has 0 aliphatic heterocycles. The summed E-state index contributed by atoms with van der Waals surface area (Å²) in [6, 6.07) is 6.37. The van der Waals surface area contributed by atoms with Crippen LogP contribution >= 0.6 is 11.6 Å². The number of rotatable bonds is 2. The van der Waals surface area contributed by atoms with E-state index in [0.29, 0.717) is 27.2 Å². The Kier molecular flexibility index (Phi) is 3.50. The number of aromatic nitrogens is 1. The topological polar surface area (TPSA) is 83.6 Å². The number of benzene rings is 1. The summed E-state index contributed by atoms with van der Waals surface area (Å²) in [5.41, 5.74) is 0.157. The van der Waals surface area contributed by atoms with Crippen molar-refractivity contribution in [1.29, 1.82) is 0 Å². The lowest BCUT2D eigenvalue weighted by Gasteiger charge is -2.09. The van der Waals surface area contributed by atoms with Gasteiger partial charge in [-0.05, 0) is 25.1 Å². The van der Waals surface area contributed by atoms with Crippen molar-refractivity contribution in [3.8, 4) is 11.5 Å². The van der Waals surface area contributed by atoms with Crippen LogP contribution in [0.15, 0.2) is 39.7 Å². The van der Waals surface area contributed by atoms with Crippen LogP contribution in [-0.2, 0) is 6.42 Å². The number of phenols is 1. The van der Waals surface area contributed by atoms with E-state index in [1.807, 2.05) is 0 Å². The van der Waals surface area contributed by atoms with Crippen LogP contribution < -0.4 is 5.63 Å². The maximum absolute atomic E-state index is 11.9. The predicted molar refractivity (Wildman–Crippen MR) is 82.6 cm³/mol. The maximum atomic E-state index is 11.9. The van der Waals surface area contributed by atoms with E-state index in [9.17, 15) is 15.0 Å². The lowest BCUT2D eigenvalue weighted by atomic mass is 10.0. The van der Waals surface area contributed by atoms with Crippen molar-refractivity contribution in [2.45, 2.75) is 13.3 Å². The summed E-state index contributed by atoms with van der Waals surface area (Å²) in [7, 11) is 0. The van der Waals surface area contributed by atoms with Crippen molar-refractivity contribution in [3.05, 3.63) is 62.8 Å². The molecule has 6 heteroatoms. The highest BCUT2D eigenvalue weighted by Gasteiger charge is 2.16. The molecule has 0 spiro atoms. The number of halogens is 1. The van der Waals surface area contributed by atoms with Crippen LogP contribution in [0.25, 0.3) is 10.9 Å². The van der Waals surface area contributed by atoms with Crippen LogP contribution in [0.1, 0.15) is 16.9 Å². The third-order valence-electron chi connectivity index (χ3n) is 3.41. The van der Waals surface area contributed by atoms with Gasteiger partial charge in [0.1, 0.15) is 22.8 Å². The van der Waals surface area contributed by atoms with Crippen molar-refractivity contribution < 1.29 is 14.6 Å². The first-order chi connectivity index (χ1) is 10.5. The number of hydrogen-bond donors (Lipinski definition) is 2. The maximum Gasteiger partial charge on any atom is 0.343 e. The summed E-state index contributed by atoms with van der Waals surface area (Å²) in [5.74, 6) is 0.0680. The van der Waals surface area contributed by atoms with Crippen LogP contribution in [-0.4, -0.2) is 15.2 Å². The molecule has 5 nitrogen and oxygen atoms in total. The Hall–Kier alpha value is -2.53. The average Bonchev–Trinajstić information content (AvgIpc) is 2.47. The van der Waals surface area contributed by atoms with Crippen molar-refractivity contribution >= 4 is 22.5 Å². The molecule has 0 aliphatic carbocycles. The minimum Gasteiger partial charge on any atom is -0.507 e. The van der Waals surface area contributed by atoms with E-state index in [1.54, 1.807) is 31.3 Å². The third kappa shape index (κ3) is 2.40. The quantitative estimate of drug-likeness (QED) is 0.758. The van der Waals surface area contributed by atoms with Crippen LogP contribution in [0, 0.1) is 6.92 Å². The summed E-state index contributed by atoms with van der Waals surface area (Å²) in [6.07, 6.45) is 1.53. The van der Waals surface area contributed by atoms with Gasteiger partial charge in [-0.1, -0.05) is 11.6 Å². The van der Waals surface area contributed by atoms with Gasteiger partial charge in [0, 0.05) is 29.6 Å². The molecule has 0 radical (unpaired) electrons. The van der Waals surface area contributed by atoms with Crippen molar-refractivity contribution in [2.75, 3.05) is 0 Å². The molecule has 0 unspecified atom stereocenters. The molecule has 0 saturated heterocycles. The Balaban J connectivity index is 2.17. The highest BCUT2D eigenvalue weighted by molar-refractivity contribution is 6.35. The van der Waals surface area contributed by atoms with Crippen LogP contribution in [0.4, 0.5) is 0 Å². The molecule has 2 aromatic heterocycles. The molecule has 2 N–H and O–H groups in total. The van der Waals surface area contributed by atoms with Gasteiger partial charge in [0.2, 0.25) is 0 Å². The second kappa shape index (κ2) is 5.35. The first-order valence-electron chi connectivity index (χ1n) is 6.55. The lowest BCUT2D eigenvalue weighted by molar-refractivity contribution is 0.423. The second-order valence-corrected chi connectivity index (χ2v) is 5.36. The molecule has 0 amide bonds. The van der Waals surface area contributed by atoms with Gasteiger partial charge >= 0.3 is 5.63 Å². The summed E-state index contributed by atoms with van der Waals surface area (Å²) < 4.78 is 4.97. The molecular weight excluding hydrogens is 306 g/mol. The summed E-state index contributed by atoms with van der Waals surface area (Å²) in [5, 5.41) is 21.3. The Morgan fingerprint density at radius 3 is 2.82 bits per heavy atom. The normalized spacial score (nSPS) is 11.0. The monoisotopic (exact) mass is 317 g/mol. The van der Waals surface area contributed by atoms with Gasteiger partial charge in [-0.15, -0.1) is 0 Å². The second-order valence-electron chi connectivity index (χ2n) is 4.95. The zero-order valence-electron chi connectivity index (χ0n) is 11.6. The van der Waals surface area contributed by atoms with Gasteiger partial charge in [0.05, 0.1) is 10.6 Å². The van der Waals surface area contributed by atoms with Crippen molar-refractivity contribution in [1.82, 2.24) is 4.98 Å². The molecule has 0 fully saturated rings. The first-order valence-corrected chi connectivity index (χ1v) is 6.93. The third-order valence-corrected chi connectivity index (χ3v) is 3.72.